The molecule has 116 valence electrons. The van der Waals surface area contributed by atoms with Crippen LogP contribution in [0.1, 0.15) is 17.0 Å². The molecule has 0 radical (unpaired) electrons. The van der Waals surface area contributed by atoms with Crippen LogP contribution in [0.5, 0.6) is 0 Å². The fourth-order valence-electron chi connectivity index (χ4n) is 2.81. The molecule has 1 atom stereocenters. The van der Waals surface area contributed by atoms with Gasteiger partial charge in [-0.25, -0.2) is 0 Å². The van der Waals surface area contributed by atoms with Crippen LogP contribution in [-0.2, 0) is 9.53 Å². The van der Waals surface area contributed by atoms with Gasteiger partial charge >= 0.3 is 5.97 Å². The van der Waals surface area contributed by atoms with Crippen LogP contribution in [0.25, 0.3) is 11.1 Å². The van der Waals surface area contributed by atoms with E-state index in [1.54, 1.807) is 0 Å². The topological polar surface area (TPSA) is 78.3 Å². The van der Waals surface area contributed by atoms with Gasteiger partial charge in [0.05, 0.1) is 0 Å². The van der Waals surface area contributed by atoms with Crippen molar-refractivity contribution in [1.29, 1.82) is 0 Å². The van der Waals surface area contributed by atoms with Gasteiger partial charge in [0.2, 0.25) is 0 Å². The Morgan fingerprint density at radius 2 is 1.55 bits per heavy atom. The predicted molar refractivity (Wildman–Crippen MR) is 89.0 cm³/mol. The molecule has 0 aliphatic heterocycles. The number of nitrogens with two attached hydrogens (primary N) is 2. The zero-order valence-corrected chi connectivity index (χ0v) is 12.9. The summed E-state index contributed by atoms with van der Waals surface area (Å²) in [5.74, 6) is -0.384. The van der Waals surface area contributed by atoms with Crippen molar-refractivity contribution in [3.8, 4) is 11.1 Å². The molecule has 1 aliphatic carbocycles. The molecule has 3 rings (SSSR count). The molecule has 0 heterocycles. The number of carbonyl (C=O) groups is 1. The number of esters is 1. The van der Waals surface area contributed by atoms with Crippen LogP contribution in [0.2, 0.25) is 0 Å². The number of ether oxygens (including phenoxy) is 1. The summed E-state index contributed by atoms with van der Waals surface area (Å²) in [4.78, 5) is 11.7. The Kier molecular flexibility index (Phi) is 5.19. The minimum absolute atomic E-state index is 0. The van der Waals surface area contributed by atoms with Crippen molar-refractivity contribution < 1.29 is 9.53 Å². The molecule has 0 fully saturated rings. The first-order valence-electron chi connectivity index (χ1n) is 7.03. The number of rotatable bonds is 4. The van der Waals surface area contributed by atoms with Gasteiger partial charge in [-0.3, -0.25) is 4.79 Å². The van der Waals surface area contributed by atoms with Crippen molar-refractivity contribution >= 4 is 18.4 Å². The summed E-state index contributed by atoms with van der Waals surface area (Å²) in [5.41, 5.74) is 15.8. The Balaban J connectivity index is 0.00000176. The number of benzene rings is 2. The number of carbonyl (C=O) groups excluding carboxylic acids is 1. The second kappa shape index (κ2) is 6.92. The Bertz CT molecular complexity index is 630. The summed E-state index contributed by atoms with van der Waals surface area (Å²) in [6, 6.07) is 15.7. The normalized spacial score (nSPS) is 13.7. The van der Waals surface area contributed by atoms with Gasteiger partial charge in [-0.1, -0.05) is 48.5 Å². The van der Waals surface area contributed by atoms with E-state index >= 15 is 0 Å². The Morgan fingerprint density at radius 1 is 1.05 bits per heavy atom. The van der Waals surface area contributed by atoms with Crippen LogP contribution in [0.4, 0.5) is 0 Å². The lowest BCUT2D eigenvalue weighted by molar-refractivity contribution is -0.145. The van der Waals surface area contributed by atoms with Gasteiger partial charge in [-0.15, -0.1) is 12.4 Å². The largest absolute Gasteiger partial charge is 0.463 e. The van der Waals surface area contributed by atoms with Crippen molar-refractivity contribution in [3.63, 3.8) is 0 Å². The lowest BCUT2D eigenvalue weighted by Gasteiger charge is -2.15. The first-order valence-corrected chi connectivity index (χ1v) is 7.03. The van der Waals surface area contributed by atoms with E-state index in [0.29, 0.717) is 6.61 Å². The number of hydrogen-bond donors (Lipinski definition) is 2. The molecule has 22 heavy (non-hydrogen) atoms. The van der Waals surface area contributed by atoms with E-state index in [1.165, 1.54) is 22.3 Å². The maximum atomic E-state index is 11.7. The molecule has 1 aliphatic rings. The Hall–Kier alpha value is -1.88. The molecule has 2 aromatic carbocycles. The molecule has 0 aromatic heterocycles. The summed E-state index contributed by atoms with van der Waals surface area (Å²) in [6.45, 7) is 0.386. The van der Waals surface area contributed by atoms with Gasteiger partial charge in [0.15, 0.2) is 0 Å². The quantitative estimate of drug-likeness (QED) is 0.846. The van der Waals surface area contributed by atoms with E-state index in [0.717, 1.165) is 0 Å². The zero-order chi connectivity index (χ0) is 14.8. The predicted octanol–water partition coefficient (Wildman–Crippen LogP) is 2.05. The molecule has 0 bridgehead atoms. The van der Waals surface area contributed by atoms with Gasteiger partial charge in [0.1, 0.15) is 12.6 Å². The van der Waals surface area contributed by atoms with E-state index in [4.69, 9.17) is 16.2 Å². The molecule has 0 amide bonds. The standard InChI is InChI=1S/C17H18N2O2.ClH/c18-9-16(19)17(20)21-10-15-13-7-3-1-5-11(13)12-6-2-4-8-14(12)15;/h1-8,15-16H,9-10,18-19H2;1H. The first-order chi connectivity index (χ1) is 10.2. The van der Waals surface area contributed by atoms with Crippen LogP contribution < -0.4 is 11.5 Å². The van der Waals surface area contributed by atoms with Crippen molar-refractivity contribution in [2.45, 2.75) is 12.0 Å². The summed E-state index contributed by atoms with van der Waals surface area (Å²) >= 11 is 0. The van der Waals surface area contributed by atoms with Crippen LogP contribution in [0.3, 0.4) is 0 Å². The molecule has 5 heteroatoms. The molecule has 0 saturated heterocycles. The molecular weight excluding hydrogens is 300 g/mol. The van der Waals surface area contributed by atoms with E-state index in [9.17, 15) is 4.79 Å². The minimum atomic E-state index is -0.753. The fraction of sp³-hybridized carbons (Fsp3) is 0.235. The first kappa shape index (κ1) is 16.5. The highest BCUT2D eigenvalue weighted by Gasteiger charge is 2.29. The molecule has 0 saturated carbocycles. The third-order valence-corrected chi connectivity index (χ3v) is 3.91. The molecule has 1 unspecified atom stereocenters. The number of fused-ring (bicyclic) bond motifs is 3. The monoisotopic (exact) mass is 318 g/mol. The van der Waals surface area contributed by atoms with E-state index in [-0.39, 0.29) is 24.9 Å². The summed E-state index contributed by atoms with van der Waals surface area (Å²) < 4.78 is 5.35. The second-order valence-electron chi connectivity index (χ2n) is 5.20. The summed E-state index contributed by atoms with van der Waals surface area (Å²) in [5, 5.41) is 0. The molecule has 2 aromatic rings. The van der Waals surface area contributed by atoms with Crippen LogP contribution in [0, 0.1) is 0 Å². The summed E-state index contributed by atoms with van der Waals surface area (Å²) in [6.07, 6.45) is 0. The van der Waals surface area contributed by atoms with Crippen LogP contribution in [0.15, 0.2) is 48.5 Å². The van der Waals surface area contributed by atoms with Gasteiger partial charge in [0.25, 0.3) is 0 Å². The highest BCUT2D eigenvalue weighted by Crippen LogP contribution is 2.44. The SMILES string of the molecule is Cl.NCC(N)C(=O)OCC1c2ccccc2-c2ccccc21. The average Bonchev–Trinajstić information content (AvgIpc) is 2.86. The van der Waals surface area contributed by atoms with Crippen LogP contribution >= 0.6 is 12.4 Å². The summed E-state index contributed by atoms with van der Waals surface area (Å²) in [7, 11) is 0. The molecule has 4 N–H and O–H groups in total. The smallest absolute Gasteiger partial charge is 0.324 e. The van der Waals surface area contributed by atoms with Gasteiger partial charge in [0, 0.05) is 12.5 Å². The number of halogens is 1. The highest BCUT2D eigenvalue weighted by atomic mass is 35.5. The second-order valence-corrected chi connectivity index (χ2v) is 5.20. The third-order valence-electron chi connectivity index (χ3n) is 3.91. The van der Waals surface area contributed by atoms with Crippen molar-refractivity contribution in [2.24, 2.45) is 11.5 Å². The van der Waals surface area contributed by atoms with E-state index in [1.807, 2.05) is 24.3 Å². The van der Waals surface area contributed by atoms with Gasteiger partial charge < -0.3 is 16.2 Å². The average molecular weight is 319 g/mol. The molecule has 0 spiro atoms. The van der Waals surface area contributed by atoms with Crippen LogP contribution in [-0.4, -0.2) is 25.2 Å². The Morgan fingerprint density at radius 3 is 2.05 bits per heavy atom. The highest BCUT2D eigenvalue weighted by molar-refractivity contribution is 5.85. The maximum Gasteiger partial charge on any atom is 0.324 e. The van der Waals surface area contributed by atoms with Crippen molar-refractivity contribution in [1.82, 2.24) is 0 Å². The van der Waals surface area contributed by atoms with Gasteiger partial charge in [-0.05, 0) is 22.3 Å². The Labute approximate surface area is 135 Å². The third kappa shape index (κ3) is 2.86. The minimum Gasteiger partial charge on any atom is -0.463 e. The van der Waals surface area contributed by atoms with E-state index in [2.05, 4.69) is 24.3 Å². The van der Waals surface area contributed by atoms with Crippen molar-refractivity contribution in [3.05, 3.63) is 59.7 Å². The molecular formula is C17H19ClN2O2. The van der Waals surface area contributed by atoms with E-state index < -0.39 is 12.0 Å². The van der Waals surface area contributed by atoms with Gasteiger partial charge in [-0.2, -0.15) is 0 Å². The zero-order valence-electron chi connectivity index (χ0n) is 12.1. The lowest BCUT2D eigenvalue weighted by atomic mass is 9.98. The lowest BCUT2D eigenvalue weighted by Crippen LogP contribution is -2.39. The molecule has 4 nitrogen and oxygen atoms in total. The number of hydrogen-bond acceptors (Lipinski definition) is 4. The van der Waals surface area contributed by atoms with Crippen molar-refractivity contribution in [2.75, 3.05) is 13.2 Å². The fourth-order valence-corrected chi connectivity index (χ4v) is 2.81. The maximum absolute atomic E-state index is 11.7.